The highest BCUT2D eigenvalue weighted by molar-refractivity contribution is 5.89. The highest BCUT2D eigenvalue weighted by Gasteiger charge is 2.14. The van der Waals surface area contributed by atoms with Crippen molar-refractivity contribution in [1.29, 1.82) is 0 Å². The third-order valence-corrected chi connectivity index (χ3v) is 4.56. The van der Waals surface area contributed by atoms with Gasteiger partial charge in [0.2, 0.25) is 0 Å². The van der Waals surface area contributed by atoms with Crippen LogP contribution in [-0.4, -0.2) is 32.1 Å². The summed E-state index contributed by atoms with van der Waals surface area (Å²) in [5, 5.41) is 9.17. The van der Waals surface area contributed by atoms with Crippen LogP contribution in [0.1, 0.15) is 40.1 Å². The average molecular weight is 381 g/mol. The molecule has 0 atom stereocenters. The third-order valence-electron chi connectivity index (χ3n) is 4.56. The summed E-state index contributed by atoms with van der Waals surface area (Å²) in [7, 11) is 0. The summed E-state index contributed by atoms with van der Waals surface area (Å²) < 4.78 is 9.02. The van der Waals surface area contributed by atoms with E-state index < -0.39 is 0 Å². The summed E-state index contributed by atoms with van der Waals surface area (Å²) in [6.45, 7) is 11.4. The number of carbonyl (C=O) groups excluding carboxylic acids is 1. The van der Waals surface area contributed by atoms with E-state index >= 15 is 0 Å². The zero-order valence-electron chi connectivity index (χ0n) is 17.1. The molecule has 0 aliphatic rings. The molecule has 7 nitrogen and oxygen atoms in total. The number of benzene rings is 1. The maximum Gasteiger partial charge on any atom is 0.338 e. The minimum absolute atomic E-state index is 0.308. The van der Waals surface area contributed by atoms with Crippen LogP contribution in [-0.2, 0) is 18.1 Å². The standard InChI is InChI=1S/C21H27N5O2/c1-6-28-21(27)19-7-9-20(10-8-19)24(13-25-17(4)11-15(2)22-25)14-26-18(5)12-16(3)23-26/h7-12H,6,13-14H2,1-5H3. The van der Waals surface area contributed by atoms with Gasteiger partial charge in [-0.05, 0) is 71.0 Å². The van der Waals surface area contributed by atoms with Gasteiger partial charge in [0.1, 0.15) is 13.3 Å². The molecule has 1 aromatic carbocycles. The number of hydrogen-bond acceptors (Lipinski definition) is 5. The molecule has 7 heteroatoms. The number of hydrogen-bond donors (Lipinski definition) is 0. The van der Waals surface area contributed by atoms with Crippen LogP contribution in [0.3, 0.4) is 0 Å². The van der Waals surface area contributed by atoms with Gasteiger partial charge in [-0.25, -0.2) is 14.2 Å². The molecular formula is C21H27N5O2. The van der Waals surface area contributed by atoms with Gasteiger partial charge in [0.25, 0.3) is 0 Å². The molecule has 2 heterocycles. The van der Waals surface area contributed by atoms with E-state index in [0.29, 0.717) is 25.5 Å². The van der Waals surface area contributed by atoms with Gasteiger partial charge in [-0.15, -0.1) is 0 Å². The Kier molecular flexibility index (Phi) is 5.82. The number of aromatic nitrogens is 4. The van der Waals surface area contributed by atoms with Gasteiger partial charge in [0.15, 0.2) is 0 Å². The number of rotatable bonds is 7. The van der Waals surface area contributed by atoms with Crippen molar-refractivity contribution < 1.29 is 9.53 Å². The molecule has 0 radical (unpaired) electrons. The maximum atomic E-state index is 11.9. The van der Waals surface area contributed by atoms with Crippen molar-refractivity contribution in [2.24, 2.45) is 0 Å². The van der Waals surface area contributed by atoms with Crippen LogP contribution in [0.4, 0.5) is 5.69 Å². The fourth-order valence-electron chi connectivity index (χ4n) is 3.19. The molecule has 0 unspecified atom stereocenters. The Labute approximate surface area is 165 Å². The number of nitrogens with zero attached hydrogens (tertiary/aromatic N) is 5. The Morgan fingerprint density at radius 3 is 1.82 bits per heavy atom. The van der Waals surface area contributed by atoms with E-state index in [4.69, 9.17) is 4.74 Å². The molecule has 0 saturated heterocycles. The smallest absolute Gasteiger partial charge is 0.338 e. The molecule has 3 aromatic rings. The van der Waals surface area contributed by atoms with Gasteiger partial charge in [0.05, 0.1) is 23.6 Å². The van der Waals surface area contributed by atoms with Gasteiger partial charge in [0, 0.05) is 17.1 Å². The van der Waals surface area contributed by atoms with E-state index in [0.717, 1.165) is 28.5 Å². The Balaban J connectivity index is 1.89. The zero-order valence-corrected chi connectivity index (χ0v) is 17.1. The lowest BCUT2D eigenvalue weighted by atomic mass is 10.2. The Morgan fingerprint density at radius 2 is 1.43 bits per heavy atom. The Hall–Kier alpha value is -3.09. The van der Waals surface area contributed by atoms with E-state index in [1.165, 1.54) is 0 Å². The van der Waals surface area contributed by atoms with Crippen LogP contribution in [0.15, 0.2) is 36.4 Å². The van der Waals surface area contributed by atoms with Gasteiger partial charge in [-0.1, -0.05) is 0 Å². The number of esters is 1. The lowest BCUT2D eigenvalue weighted by molar-refractivity contribution is 0.0526. The molecule has 0 amide bonds. The second-order valence-corrected chi connectivity index (χ2v) is 6.94. The molecular weight excluding hydrogens is 354 g/mol. The molecule has 3 rings (SSSR count). The summed E-state index contributed by atoms with van der Waals surface area (Å²) >= 11 is 0. The van der Waals surface area contributed by atoms with Gasteiger partial charge in [-0.2, -0.15) is 10.2 Å². The average Bonchev–Trinajstić information content (AvgIpc) is 3.14. The normalized spacial score (nSPS) is 10.9. The summed E-state index contributed by atoms with van der Waals surface area (Å²) in [5.41, 5.74) is 5.69. The van der Waals surface area contributed by atoms with Gasteiger partial charge < -0.3 is 9.64 Å². The predicted molar refractivity (Wildman–Crippen MR) is 108 cm³/mol. The molecule has 0 aliphatic carbocycles. The van der Waals surface area contributed by atoms with E-state index in [9.17, 15) is 4.79 Å². The number of ether oxygens (including phenoxy) is 1. The molecule has 28 heavy (non-hydrogen) atoms. The number of aryl methyl sites for hydroxylation is 4. The fourth-order valence-corrected chi connectivity index (χ4v) is 3.19. The second kappa shape index (κ2) is 8.29. The van der Waals surface area contributed by atoms with Crippen LogP contribution >= 0.6 is 0 Å². The first-order valence-corrected chi connectivity index (χ1v) is 9.41. The highest BCUT2D eigenvalue weighted by atomic mass is 16.5. The SMILES string of the molecule is CCOC(=O)c1ccc(N(Cn2nc(C)cc2C)Cn2nc(C)cc2C)cc1. The first-order chi connectivity index (χ1) is 13.4. The van der Waals surface area contributed by atoms with Gasteiger partial charge >= 0.3 is 5.97 Å². The monoisotopic (exact) mass is 381 g/mol. The predicted octanol–water partition coefficient (Wildman–Crippen LogP) is 3.61. The largest absolute Gasteiger partial charge is 0.462 e. The second-order valence-electron chi connectivity index (χ2n) is 6.94. The Bertz CT molecular complexity index is 908. The molecule has 0 aliphatic heterocycles. The molecule has 0 saturated carbocycles. The lowest BCUT2D eigenvalue weighted by Gasteiger charge is -2.26. The minimum atomic E-state index is -0.308. The van der Waals surface area contributed by atoms with Crippen LogP contribution in [0.5, 0.6) is 0 Å². The highest BCUT2D eigenvalue weighted by Crippen LogP contribution is 2.19. The van der Waals surface area contributed by atoms with Crippen LogP contribution in [0, 0.1) is 27.7 Å². The van der Waals surface area contributed by atoms with Crippen molar-refractivity contribution in [2.75, 3.05) is 11.5 Å². The van der Waals surface area contributed by atoms with Crippen molar-refractivity contribution in [3.63, 3.8) is 0 Å². The van der Waals surface area contributed by atoms with Crippen molar-refractivity contribution >= 4 is 11.7 Å². The number of carbonyl (C=O) groups is 1. The Morgan fingerprint density at radius 1 is 0.929 bits per heavy atom. The quantitative estimate of drug-likeness (QED) is 0.585. The van der Waals surface area contributed by atoms with Gasteiger partial charge in [-0.3, -0.25) is 0 Å². The van der Waals surface area contributed by atoms with Crippen molar-refractivity contribution in [3.8, 4) is 0 Å². The van der Waals surface area contributed by atoms with E-state index in [1.54, 1.807) is 19.1 Å². The molecule has 0 fully saturated rings. The maximum absolute atomic E-state index is 11.9. The fraction of sp³-hybridized carbons (Fsp3) is 0.381. The topological polar surface area (TPSA) is 65.2 Å². The zero-order chi connectivity index (χ0) is 20.3. The van der Waals surface area contributed by atoms with Crippen LogP contribution in [0.2, 0.25) is 0 Å². The first-order valence-electron chi connectivity index (χ1n) is 9.41. The van der Waals surface area contributed by atoms with Crippen molar-refractivity contribution in [2.45, 2.75) is 48.0 Å². The van der Waals surface area contributed by atoms with E-state index in [2.05, 4.69) is 27.2 Å². The van der Waals surface area contributed by atoms with Crippen molar-refractivity contribution in [1.82, 2.24) is 19.6 Å². The summed E-state index contributed by atoms with van der Waals surface area (Å²) in [5.74, 6) is -0.308. The van der Waals surface area contributed by atoms with E-state index in [-0.39, 0.29) is 5.97 Å². The van der Waals surface area contributed by atoms with Crippen LogP contribution < -0.4 is 4.90 Å². The molecule has 0 N–H and O–H groups in total. The first kappa shape index (κ1) is 19.7. The van der Waals surface area contributed by atoms with Crippen molar-refractivity contribution in [3.05, 3.63) is 64.7 Å². The minimum Gasteiger partial charge on any atom is -0.462 e. The summed E-state index contributed by atoms with van der Waals surface area (Å²) in [6, 6.07) is 11.6. The molecule has 2 aromatic heterocycles. The summed E-state index contributed by atoms with van der Waals surface area (Å²) in [4.78, 5) is 14.1. The molecule has 148 valence electrons. The van der Waals surface area contributed by atoms with Crippen LogP contribution in [0.25, 0.3) is 0 Å². The third kappa shape index (κ3) is 4.42. The summed E-state index contributed by atoms with van der Waals surface area (Å²) in [6.07, 6.45) is 0. The van der Waals surface area contributed by atoms with E-state index in [1.807, 2.05) is 49.2 Å². The lowest BCUT2D eigenvalue weighted by Crippen LogP contribution is -2.30. The molecule has 0 bridgehead atoms. The number of anilines is 1. The molecule has 0 spiro atoms.